The van der Waals surface area contributed by atoms with E-state index >= 15 is 0 Å². The molecule has 0 saturated carbocycles. The molecule has 0 atom stereocenters. The quantitative estimate of drug-likeness (QED) is 0.566. The second kappa shape index (κ2) is 6.17. The fourth-order valence-electron chi connectivity index (χ4n) is 2.06. The van der Waals surface area contributed by atoms with Crippen LogP contribution in [-0.2, 0) is 6.42 Å². The lowest BCUT2D eigenvalue weighted by Crippen LogP contribution is -1.93. The van der Waals surface area contributed by atoms with Gasteiger partial charge in [-0.2, -0.15) is 0 Å². The first-order chi connectivity index (χ1) is 8.97. The van der Waals surface area contributed by atoms with Crippen molar-refractivity contribution in [3.05, 3.63) is 57.0 Å². The number of halogens is 3. The topological polar surface area (TPSA) is 0 Å². The Morgan fingerprint density at radius 3 is 2.16 bits per heavy atom. The van der Waals surface area contributed by atoms with Gasteiger partial charge >= 0.3 is 0 Å². The largest absolute Gasteiger partial charge is 0.0843 e. The molecule has 0 aliphatic carbocycles. The second-order valence-corrected chi connectivity index (χ2v) is 6.27. The van der Waals surface area contributed by atoms with Gasteiger partial charge in [-0.25, -0.2) is 0 Å². The molecule has 0 amide bonds. The van der Waals surface area contributed by atoms with Crippen LogP contribution >= 0.6 is 34.8 Å². The van der Waals surface area contributed by atoms with Gasteiger partial charge in [0, 0.05) is 10.6 Å². The average molecular weight is 314 g/mol. The molecule has 2 aromatic carbocycles. The van der Waals surface area contributed by atoms with Crippen LogP contribution in [0, 0.1) is 5.92 Å². The zero-order chi connectivity index (χ0) is 14.0. The molecule has 3 heteroatoms. The van der Waals surface area contributed by atoms with Gasteiger partial charge in [-0.1, -0.05) is 72.9 Å². The Kier molecular flexibility index (Phi) is 4.78. The second-order valence-electron chi connectivity index (χ2n) is 5.04. The van der Waals surface area contributed by atoms with E-state index in [0.717, 1.165) is 17.5 Å². The maximum Gasteiger partial charge on any atom is 0.0671 e. The van der Waals surface area contributed by atoms with Gasteiger partial charge in [0.2, 0.25) is 0 Å². The van der Waals surface area contributed by atoms with Crippen molar-refractivity contribution < 1.29 is 0 Å². The molecule has 100 valence electrons. The average Bonchev–Trinajstić information content (AvgIpc) is 2.34. The van der Waals surface area contributed by atoms with Crippen molar-refractivity contribution in [2.45, 2.75) is 20.3 Å². The van der Waals surface area contributed by atoms with Crippen LogP contribution in [0.3, 0.4) is 0 Å². The molecule has 2 rings (SSSR count). The maximum absolute atomic E-state index is 6.23. The Morgan fingerprint density at radius 1 is 0.947 bits per heavy atom. The Morgan fingerprint density at radius 2 is 1.58 bits per heavy atom. The van der Waals surface area contributed by atoms with Crippen LogP contribution in [0.15, 0.2) is 36.4 Å². The van der Waals surface area contributed by atoms with Crippen LogP contribution < -0.4 is 0 Å². The minimum absolute atomic E-state index is 0.482. The van der Waals surface area contributed by atoms with Crippen LogP contribution in [0.2, 0.25) is 15.1 Å². The van der Waals surface area contributed by atoms with Crippen LogP contribution in [0.25, 0.3) is 11.1 Å². The Labute approximate surface area is 129 Å². The summed E-state index contributed by atoms with van der Waals surface area (Å²) >= 11 is 18.3. The fourth-order valence-corrected chi connectivity index (χ4v) is 2.77. The van der Waals surface area contributed by atoms with Crippen molar-refractivity contribution in [2.75, 3.05) is 0 Å². The molecule has 0 aliphatic rings. The summed E-state index contributed by atoms with van der Waals surface area (Å²) in [6.45, 7) is 4.42. The molecule has 0 radical (unpaired) electrons. The first kappa shape index (κ1) is 14.7. The summed E-state index contributed by atoms with van der Waals surface area (Å²) in [4.78, 5) is 0. The van der Waals surface area contributed by atoms with Gasteiger partial charge in [-0.3, -0.25) is 0 Å². The third-order valence-electron chi connectivity index (χ3n) is 2.90. The molecule has 0 nitrogen and oxygen atoms in total. The fraction of sp³-hybridized carbons (Fsp3) is 0.250. The maximum atomic E-state index is 6.23. The van der Waals surface area contributed by atoms with E-state index in [1.165, 1.54) is 5.56 Å². The minimum atomic E-state index is 0.482. The van der Waals surface area contributed by atoms with Crippen LogP contribution in [0.5, 0.6) is 0 Å². The molecule has 0 N–H and O–H groups in total. The minimum Gasteiger partial charge on any atom is -0.0843 e. The Hall–Kier alpha value is -0.690. The molecule has 0 spiro atoms. The lowest BCUT2D eigenvalue weighted by atomic mass is 9.99. The molecule has 0 bridgehead atoms. The van der Waals surface area contributed by atoms with Gasteiger partial charge in [0.15, 0.2) is 0 Å². The molecule has 0 fully saturated rings. The highest BCUT2D eigenvalue weighted by molar-refractivity contribution is 6.45. The lowest BCUT2D eigenvalue weighted by molar-refractivity contribution is 0.647. The first-order valence-corrected chi connectivity index (χ1v) is 7.34. The SMILES string of the molecule is CC(C)Cc1ccc(-c2cc(Cl)cc(Cl)c2Cl)cc1. The molecule has 0 saturated heterocycles. The molecule has 0 aliphatic heterocycles. The standard InChI is InChI=1S/C16H15Cl3/c1-10(2)7-11-3-5-12(6-4-11)14-8-13(17)9-15(18)16(14)19/h3-6,8-10H,7H2,1-2H3. The van der Waals surface area contributed by atoms with Gasteiger partial charge in [-0.05, 0) is 35.6 Å². The van der Waals surface area contributed by atoms with Gasteiger partial charge in [0.25, 0.3) is 0 Å². The van der Waals surface area contributed by atoms with Crippen molar-refractivity contribution in [1.29, 1.82) is 0 Å². The van der Waals surface area contributed by atoms with Crippen LogP contribution in [-0.4, -0.2) is 0 Å². The molecule has 0 aromatic heterocycles. The van der Waals surface area contributed by atoms with E-state index in [9.17, 15) is 0 Å². The number of hydrogen-bond acceptors (Lipinski definition) is 0. The highest BCUT2D eigenvalue weighted by Gasteiger charge is 2.09. The van der Waals surface area contributed by atoms with Crippen molar-refractivity contribution >= 4 is 34.8 Å². The van der Waals surface area contributed by atoms with Gasteiger partial charge < -0.3 is 0 Å². The van der Waals surface area contributed by atoms with Gasteiger partial charge in [-0.15, -0.1) is 0 Å². The van der Waals surface area contributed by atoms with Crippen LogP contribution in [0.4, 0.5) is 0 Å². The number of rotatable bonds is 3. The summed E-state index contributed by atoms with van der Waals surface area (Å²) in [7, 11) is 0. The van der Waals surface area contributed by atoms with E-state index in [1.807, 2.05) is 6.07 Å². The molecule has 0 unspecified atom stereocenters. The van der Waals surface area contributed by atoms with Crippen LogP contribution in [0.1, 0.15) is 19.4 Å². The third-order valence-corrected chi connectivity index (χ3v) is 3.92. The predicted molar refractivity (Wildman–Crippen MR) is 85.5 cm³/mol. The molecule has 19 heavy (non-hydrogen) atoms. The van der Waals surface area contributed by atoms with Crippen molar-refractivity contribution in [1.82, 2.24) is 0 Å². The van der Waals surface area contributed by atoms with E-state index < -0.39 is 0 Å². The lowest BCUT2D eigenvalue weighted by Gasteiger charge is -2.09. The predicted octanol–water partition coefficient (Wildman–Crippen LogP) is 6.51. The molecule has 0 heterocycles. The Bertz CT molecular complexity index is 571. The molecular formula is C16H15Cl3. The Balaban J connectivity index is 2.37. The highest BCUT2D eigenvalue weighted by Crippen LogP contribution is 2.36. The molecule has 2 aromatic rings. The zero-order valence-electron chi connectivity index (χ0n) is 10.9. The summed E-state index contributed by atoms with van der Waals surface area (Å²) in [6, 6.07) is 11.9. The van der Waals surface area contributed by atoms with E-state index in [-0.39, 0.29) is 0 Å². The van der Waals surface area contributed by atoms with Gasteiger partial charge in [0.1, 0.15) is 0 Å². The van der Waals surface area contributed by atoms with E-state index in [0.29, 0.717) is 21.0 Å². The summed E-state index contributed by atoms with van der Waals surface area (Å²) in [6.07, 6.45) is 1.07. The molecular weight excluding hydrogens is 299 g/mol. The van der Waals surface area contributed by atoms with Crippen molar-refractivity contribution in [3.63, 3.8) is 0 Å². The summed E-state index contributed by atoms with van der Waals surface area (Å²) in [5.41, 5.74) is 3.22. The van der Waals surface area contributed by atoms with Crippen molar-refractivity contribution in [2.24, 2.45) is 5.92 Å². The van der Waals surface area contributed by atoms with Gasteiger partial charge in [0.05, 0.1) is 10.0 Å². The van der Waals surface area contributed by atoms with Crippen molar-refractivity contribution in [3.8, 4) is 11.1 Å². The zero-order valence-corrected chi connectivity index (χ0v) is 13.2. The number of benzene rings is 2. The summed E-state index contributed by atoms with van der Waals surface area (Å²) in [5, 5.41) is 1.62. The van der Waals surface area contributed by atoms with E-state index in [2.05, 4.69) is 38.1 Å². The highest BCUT2D eigenvalue weighted by atomic mass is 35.5. The summed E-state index contributed by atoms with van der Waals surface area (Å²) in [5.74, 6) is 0.648. The number of hydrogen-bond donors (Lipinski definition) is 0. The normalized spacial score (nSPS) is 11.1. The third kappa shape index (κ3) is 3.66. The smallest absolute Gasteiger partial charge is 0.0671 e. The van der Waals surface area contributed by atoms with E-state index in [4.69, 9.17) is 34.8 Å². The van der Waals surface area contributed by atoms with E-state index in [1.54, 1.807) is 6.07 Å². The summed E-state index contributed by atoms with van der Waals surface area (Å²) < 4.78 is 0. The first-order valence-electron chi connectivity index (χ1n) is 6.21. The monoisotopic (exact) mass is 312 g/mol.